The number of pyridine rings is 1. The predicted molar refractivity (Wildman–Crippen MR) is 149 cm³/mol. The zero-order chi connectivity index (χ0) is 28.0. The van der Waals surface area contributed by atoms with E-state index in [9.17, 15) is 17.4 Å². The molecule has 2 aromatic carbocycles. The van der Waals surface area contributed by atoms with Gasteiger partial charge in [0.05, 0.1) is 44.8 Å². The van der Waals surface area contributed by atoms with Crippen LogP contribution in [0, 0.1) is 6.92 Å². The molecule has 0 aliphatic rings. The molecule has 2 heterocycles. The molecule has 4 aromatic rings. The van der Waals surface area contributed by atoms with Crippen LogP contribution in [0.5, 0.6) is 11.5 Å². The molecule has 1 unspecified atom stereocenters. The summed E-state index contributed by atoms with van der Waals surface area (Å²) in [4.78, 5) is 19.4. The third-order valence-electron chi connectivity index (χ3n) is 5.70. The Balaban J connectivity index is 0.00000441. The molecular formula is C26H27N3NaO8S2. The van der Waals surface area contributed by atoms with Crippen LogP contribution in [0.25, 0.3) is 11.0 Å². The van der Waals surface area contributed by atoms with E-state index in [-0.39, 0.29) is 56.6 Å². The Morgan fingerprint density at radius 3 is 2.48 bits per heavy atom. The van der Waals surface area contributed by atoms with Crippen LogP contribution in [0.3, 0.4) is 0 Å². The smallest absolute Gasteiger partial charge is 0.341 e. The second-order valence-corrected chi connectivity index (χ2v) is 11.5. The topological polar surface area (TPSA) is 147 Å². The van der Waals surface area contributed by atoms with Gasteiger partial charge in [-0.1, -0.05) is 12.1 Å². The number of methoxy groups -OCH3 is 1. The number of carboxylic acids is 1. The summed E-state index contributed by atoms with van der Waals surface area (Å²) in [6.45, 7) is 2.24. The number of fused-ring (bicyclic) bond motifs is 1. The number of rotatable bonds is 13. The van der Waals surface area contributed by atoms with Gasteiger partial charge in [-0.3, -0.25) is 9.19 Å². The molecule has 0 spiro atoms. The number of aromatic nitrogens is 3. The van der Waals surface area contributed by atoms with Crippen LogP contribution in [0.2, 0.25) is 0 Å². The molecule has 0 saturated heterocycles. The number of benzene rings is 2. The summed E-state index contributed by atoms with van der Waals surface area (Å²) in [6.07, 6.45) is 2.26. The van der Waals surface area contributed by atoms with E-state index in [4.69, 9.17) is 19.3 Å². The Morgan fingerprint density at radius 1 is 1.05 bits per heavy atom. The Labute approximate surface area is 256 Å². The van der Waals surface area contributed by atoms with E-state index >= 15 is 0 Å². The molecule has 0 saturated carbocycles. The molecule has 1 radical (unpaired) electrons. The quantitative estimate of drug-likeness (QED) is 0.181. The van der Waals surface area contributed by atoms with Gasteiger partial charge in [-0.2, -0.15) is 0 Å². The standard InChI is InChI=1S/C26H27N3O8S2.Na/c1-18-22(27-13-12-24(18)36-15-5-14-35-2)17-38(32)26-28-21-6-3-4-7-23(21)29(26)39(33,34)20-10-8-19(9-11-20)37-16-25(30)31;/h3-4,6-13H,5,14-17H2,1-2H3,(H,30,31);. The maximum absolute atomic E-state index is 13.8. The van der Waals surface area contributed by atoms with Gasteiger partial charge >= 0.3 is 5.97 Å². The SMILES string of the molecule is COCCCOc1ccnc(CS(=O)c2nc3ccccc3n2S(=O)(=O)c2ccc(OCC(=O)O)cc2)c1C.[Na]. The number of hydrogen-bond donors (Lipinski definition) is 1. The monoisotopic (exact) mass is 596 g/mol. The summed E-state index contributed by atoms with van der Waals surface area (Å²) in [7, 11) is -4.52. The van der Waals surface area contributed by atoms with E-state index in [2.05, 4.69) is 9.97 Å². The molecule has 0 bridgehead atoms. The van der Waals surface area contributed by atoms with Crippen molar-refractivity contribution in [3.63, 3.8) is 0 Å². The maximum Gasteiger partial charge on any atom is 0.341 e. The van der Waals surface area contributed by atoms with Crippen molar-refractivity contribution in [2.45, 2.75) is 29.1 Å². The Morgan fingerprint density at radius 2 is 1.77 bits per heavy atom. The van der Waals surface area contributed by atoms with Crippen molar-refractivity contribution >= 4 is 67.4 Å². The van der Waals surface area contributed by atoms with Crippen molar-refractivity contribution < 1.29 is 36.7 Å². The summed E-state index contributed by atoms with van der Waals surface area (Å²) in [6, 6.07) is 13.6. The van der Waals surface area contributed by atoms with Gasteiger partial charge in [-0.25, -0.2) is 22.2 Å². The minimum atomic E-state index is -4.24. The molecule has 0 aliphatic carbocycles. The van der Waals surface area contributed by atoms with Crippen molar-refractivity contribution in [3.8, 4) is 11.5 Å². The summed E-state index contributed by atoms with van der Waals surface area (Å²) in [5, 5.41) is 8.64. The van der Waals surface area contributed by atoms with Crippen molar-refractivity contribution in [3.05, 3.63) is 72.1 Å². The van der Waals surface area contributed by atoms with Gasteiger partial charge in [0.15, 0.2) is 6.61 Å². The average molecular weight is 597 g/mol. The number of nitrogens with zero attached hydrogens (tertiary/aromatic N) is 3. The molecule has 207 valence electrons. The van der Waals surface area contributed by atoms with E-state index < -0.39 is 33.4 Å². The fraction of sp³-hybridized carbons (Fsp3) is 0.269. The van der Waals surface area contributed by atoms with Crippen LogP contribution in [0.15, 0.2) is 70.8 Å². The van der Waals surface area contributed by atoms with E-state index in [1.54, 1.807) is 50.6 Å². The minimum absolute atomic E-state index is 0. The first-order valence-corrected chi connectivity index (χ1v) is 14.6. The van der Waals surface area contributed by atoms with Crippen molar-refractivity contribution in [2.75, 3.05) is 26.9 Å². The zero-order valence-corrected chi connectivity index (χ0v) is 25.9. The van der Waals surface area contributed by atoms with Crippen LogP contribution < -0.4 is 9.47 Å². The molecule has 40 heavy (non-hydrogen) atoms. The number of imidazole rings is 1. The molecule has 0 amide bonds. The molecular weight excluding hydrogens is 569 g/mol. The van der Waals surface area contributed by atoms with Gasteiger partial charge in [0.1, 0.15) is 11.5 Å². The number of carbonyl (C=O) groups is 1. The number of hydrogen-bond acceptors (Lipinski definition) is 9. The summed E-state index contributed by atoms with van der Waals surface area (Å²) in [5.41, 5.74) is 1.83. The van der Waals surface area contributed by atoms with Gasteiger partial charge in [-0.05, 0) is 49.4 Å². The number of ether oxygens (including phenoxy) is 3. The van der Waals surface area contributed by atoms with Crippen LogP contribution in [-0.2, 0) is 36.1 Å². The zero-order valence-electron chi connectivity index (χ0n) is 22.3. The number of carboxylic acid groups (broad SMARTS) is 1. The van der Waals surface area contributed by atoms with Gasteiger partial charge < -0.3 is 19.3 Å². The second-order valence-electron chi connectivity index (χ2n) is 8.37. The molecule has 1 N–H and O–H groups in total. The van der Waals surface area contributed by atoms with Crippen molar-refractivity contribution in [1.29, 1.82) is 0 Å². The molecule has 1 atom stereocenters. The van der Waals surface area contributed by atoms with Gasteiger partial charge in [0, 0.05) is 61.5 Å². The van der Waals surface area contributed by atoms with Gasteiger partial charge in [-0.15, -0.1) is 0 Å². The maximum atomic E-state index is 13.8. The normalized spacial score (nSPS) is 12.1. The first-order valence-electron chi connectivity index (χ1n) is 11.8. The molecule has 2 aromatic heterocycles. The predicted octanol–water partition coefficient (Wildman–Crippen LogP) is 2.78. The van der Waals surface area contributed by atoms with E-state index in [1.807, 2.05) is 0 Å². The third-order valence-corrected chi connectivity index (χ3v) is 8.75. The minimum Gasteiger partial charge on any atom is -0.493 e. The molecule has 11 nitrogen and oxygen atoms in total. The van der Waals surface area contributed by atoms with E-state index in [1.165, 1.54) is 24.3 Å². The first kappa shape index (κ1) is 31.7. The van der Waals surface area contributed by atoms with E-state index in [0.29, 0.717) is 42.2 Å². The third kappa shape index (κ3) is 7.28. The molecule has 0 fully saturated rings. The fourth-order valence-electron chi connectivity index (χ4n) is 3.75. The molecule has 4 rings (SSSR count). The number of aliphatic carboxylic acids is 1. The van der Waals surface area contributed by atoms with Crippen LogP contribution in [0.4, 0.5) is 0 Å². The summed E-state index contributed by atoms with van der Waals surface area (Å²) in [5.74, 6) is -0.445. The fourth-order valence-corrected chi connectivity index (χ4v) is 6.80. The van der Waals surface area contributed by atoms with Crippen LogP contribution in [0.1, 0.15) is 17.7 Å². The summed E-state index contributed by atoms with van der Waals surface area (Å²) < 4.78 is 58.1. The van der Waals surface area contributed by atoms with E-state index in [0.717, 1.165) is 3.97 Å². The Kier molecular flexibility index (Phi) is 11.3. The van der Waals surface area contributed by atoms with Crippen LogP contribution in [-0.4, -0.2) is 94.1 Å². The van der Waals surface area contributed by atoms with Gasteiger partial charge in [0.2, 0.25) is 5.16 Å². The molecule has 14 heteroatoms. The largest absolute Gasteiger partial charge is 0.493 e. The molecule has 0 aliphatic heterocycles. The van der Waals surface area contributed by atoms with Crippen molar-refractivity contribution in [1.82, 2.24) is 13.9 Å². The second kappa shape index (κ2) is 14.2. The number of para-hydroxylation sites is 2. The Hall–Kier alpha value is -2.81. The summed E-state index contributed by atoms with van der Waals surface area (Å²) >= 11 is 0. The Bertz CT molecular complexity index is 1610. The van der Waals surface area contributed by atoms with Crippen LogP contribution >= 0.6 is 0 Å². The average Bonchev–Trinajstić information content (AvgIpc) is 3.33. The van der Waals surface area contributed by atoms with Gasteiger partial charge in [0.25, 0.3) is 10.0 Å². The van der Waals surface area contributed by atoms with Crippen molar-refractivity contribution in [2.24, 2.45) is 0 Å². The first-order chi connectivity index (χ1) is 18.7.